The Morgan fingerprint density at radius 1 is 0.585 bits per heavy atom. The number of ether oxygens (including phenoxy) is 2. The normalized spacial score (nSPS) is 22.5. The van der Waals surface area contributed by atoms with Gasteiger partial charge in [-0.25, -0.2) is 9.69 Å². The number of esters is 1. The Hall–Kier alpha value is -5.88. The van der Waals surface area contributed by atoms with Crippen molar-refractivity contribution in [3.63, 3.8) is 0 Å². The number of carbonyl (C=O) groups excluding carboxylic acids is 9. The maximum Gasteiger partial charge on any atom is 0.417 e. The van der Waals surface area contributed by atoms with Gasteiger partial charge in [0.1, 0.15) is 5.60 Å². The Balaban J connectivity index is 0.000000385. The first-order valence-electron chi connectivity index (χ1n) is 32.8. The number of amides is 8. The van der Waals surface area contributed by atoms with Crippen LogP contribution in [-0.2, 0) is 71.0 Å². The van der Waals surface area contributed by atoms with E-state index in [1.807, 2.05) is 13.0 Å². The van der Waals surface area contributed by atoms with Gasteiger partial charge in [0, 0.05) is 95.0 Å². The van der Waals surface area contributed by atoms with E-state index < -0.39 is 38.4 Å². The second-order valence-electron chi connectivity index (χ2n) is 28.4. The molecule has 8 rings (SSSR count). The molecule has 7 saturated heterocycles. The lowest BCUT2D eigenvalue weighted by Crippen LogP contribution is -2.44. The summed E-state index contributed by atoms with van der Waals surface area (Å²) in [4.78, 5) is 100. The van der Waals surface area contributed by atoms with E-state index in [1.54, 1.807) is 32.9 Å². The number of nitriles is 1. The summed E-state index contributed by atoms with van der Waals surface area (Å²) in [7, 11) is -5.79. The Morgan fingerprint density at radius 3 is 1.36 bits per heavy atom. The topological polar surface area (TPSA) is 374 Å². The van der Waals surface area contributed by atoms with Gasteiger partial charge in [0.25, 0.3) is 10.1 Å². The molecule has 8 N–H and O–H groups in total. The molecule has 26 nitrogen and oxygen atoms in total. The van der Waals surface area contributed by atoms with Gasteiger partial charge < -0.3 is 60.4 Å². The smallest absolute Gasteiger partial charge is 0.417 e. The van der Waals surface area contributed by atoms with Gasteiger partial charge in [-0.05, 0) is 140 Å². The van der Waals surface area contributed by atoms with Crippen LogP contribution < -0.4 is 31.9 Å². The van der Waals surface area contributed by atoms with Crippen molar-refractivity contribution in [3.05, 3.63) is 29.8 Å². The number of rotatable bonds is 18. The van der Waals surface area contributed by atoms with Crippen molar-refractivity contribution < 1.29 is 84.3 Å². The summed E-state index contributed by atoms with van der Waals surface area (Å²) in [6, 6.07) is 8.89. The van der Waals surface area contributed by atoms with E-state index in [1.165, 1.54) is 24.1 Å². The Bertz CT molecular complexity index is 2780. The van der Waals surface area contributed by atoms with Crippen molar-refractivity contribution in [3.8, 4) is 6.07 Å². The van der Waals surface area contributed by atoms with E-state index in [4.69, 9.17) is 33.2 Å². The molecule has 0 aromatic heterocycles. The van der Waals surface area contributed by atoms with Crippen molar-refractivity contribution in [2.24, 2.45) is 0 Å². The predicted octanol–water partition coefficient (Wildman–Crippen LogP) is 6.89. The van der Waals surface area contributed by atoms with Gasteiger partial charge in [0.05, 0.1) is 56.2 Å². The molecule has 7 heterocycles. The number of hydrogen-bond acceptors (Lipinski definition) is 19. The van der Waals surface area contributed by atoms with Gasteiger partial charge in [0.2, 0.25) is 41.4 Å². The summed E-state index contributed by atoms with van der Waals surface area (Å²) in [6.45, 7) is 31.2. The van der Waals surface area contributed by atoms with Gasteiger partial charge in [-0.3, -0.25) is 42.5 Å². The number of aryl methyl sites for hydroxylation is 1. The van der Waals surface area contributed by atoms with Gasteiger partial charge in [-0.1, -0.05) is 59.2 Å². The fourth-order valence-electron chi connectivity index (χ4n) is 9.48. The second-order valence-corrected chi connectivity index (χ2v) is 39.7. The van der Waals surface area contributed by atoms with Crippen molar-refractivity contribution in [2.75, 3.05) is 40.1 Å². The molecule has 7 fully saturated rings. The van der Waals surface area contributed by atoms with Crippen molar-refractivity contribution in [1.82, 2.24) is 36.8 Å². The number of aliphatic hydroxyl groups excluding tert-OH is 2. The molecular formula is C65H112N8O18SSi2. The molecule has 534 valence electrons. The van der Waals surface area contributed by atoms with E-state index in [0.717, 1.165) is 50.7 Å². The molecule has 7 aliphatic heterocycles. The lowest BCUT2D eigenvalue weighted by molar-refractivity contribution is -0.141. The van der Waals surface area contributed by atoms with Gasteiger partial charge in [-0.15, -0.1) is 0 Å². The molecule has 0 spiro atoms. The van der Waals surface area contributed by atoms with Crippen LogP contribution in [0.25, 0.3) is 0 Å². The maximum absolute atomic E-state index is 12.3. The molecule has 29 heteroatoms. The van der Waals surface area contributed by atoms with Crippen LogP contribution in [0.1, 0.15) is 190 Å². The first-order chi connectivity index (χ1) is 43.6. The third-order valence-electron chi connectivity index (χ3n) is 17.3. The zero-order valence-electron chi connectivity index (χ0n) is 58.6. The van der Waals surface area contributed by atoms with Crippen molar-refractivity contribution in [2.45, 2.75) is 280 Å². The molecule has 8 amide bonds. The van der Waals surface area contributed by atoms with Crippen LogP contribution in [0.4, 0.5) is 4.79 Å². The molecule has 7 atom stereocenters. The highest BCUT2D eigenvalue weighted by Gasteiger charge is 2.41. The van der Waals surface area contributed by atoms with Crippen molar-refractivity contribution >= 4 is 80.2 Å². The third kappa shape index (κ3) is 32.7. The van der Waals surface area contributed by atoms with Gasteiger partial charge >= 0.3 is 12.1 Å². The summed E-state index contributed by atoms with van der Waals surface area (Å²) < 4.78 is 50.7. The standard InChI is InChI=1S/C17H33NO4Si.C12H15NO4S.C12H25NO2Si.C7H11NO3.C6H8N2O.C6H11NO2.C5H9NO2/c1-16(2,3)22-15(20)18-13(9-10-14(18)19)11-12-21-23(7,8)17(4,5)6;1-9-2-5-11(6-3-9)18(15,16)17-8-10-4-7-12(14)13-10;1-12(2,3)16(4,5)15-9-8-10-6-7-11(14)13-10;1-11-7(10)4-5-2-3-6(9)8-5;7-4-3-5-1-2-6(9)8-5;8-4-3-5-1-2-6(9)7-5;7-3-4-1-2-5(8)6-4/h13H,9-12H2,1-8H3;2-3,5-6,10H,4,7-8H2,1H3,(H,13,14);10H,6-9H2,1-5H3,(H,13,14);5H,2-4H2,1H3,(H,8,9);5H,1-3H2,(H,8,9);5,8H,1-4H2,(H,7,9);4,7H,1-3H2,(H,6,8). The van der Waals surface area contributed by atoms with E-state index in [-0.39, 0.29) is 118 Å². The number of nitrogens with one attached hydrogen (secondary N) is 6. The second kappa shape index (κ2) is 40.0. The third-order valence-corrected chi connectivity index (χ3v) is 27.7. The molecule has 1 aromatic carbocycles. The molecular weight excluding hydrogens is 1270 g/mol. The minimum atomic E-state index is -3.73. The average Bonchev–Trinajstić information content (AvgIpc) is 1.42. The average molecular weight is 1380 g/mol. The number of benzene rings is 1. The summed E-state index contributed by atoms with van der Waals surface area (Å²) in [5.74, 6) is 0.00842. The fraction of sp³-hybridized carbons (Fsp3) is 0.754. The molecule has 0 aliphatic carbocycles. The van der Waals surface area contributed by atoms with Crippen LogP contribution in [0.5, 0.6) is 0 Å². The van der Waals surface area contributed by atoms with Gasteiger partial charge in [-0.2, -0.15) is 13.7 Å². The highest BCUT2D eigenvalue weighted by atomic mass is 32.2. The molecule has 7 aliphatic rings. The maximum atomic E-state index is 12.3. The van der Waals surface area contributed by atoms with Crippen LogP contribution in [0.15, 0.2) is 29.2 Å². The molecule has 1 aromatic rings. The SMILES string of the molecule is CC(C)(C)OC(=O)N1C(=O)CCC1CCO[Si](C)(C)C(C)(C)C.CC(C)(C)[Si](C)(C)OCCC1CCC(=O)N1.COC(=O)CC1CCC(=O)N1.Cc1ccc(S(=O)(=O)OCC2CCC(=O)N2)cc1.N#CCC1CCC(=O)N1.O=C1CCC(CCO)N1.O=C1CCC(CO)N1. The fourth-order valence-corrected chi connectivity index (χ4v) is 12.5. The summed E-state index contributed by atoms with van der Waals surface area (Å²) >= 11 is 0. The monoisotopic (exact) mass is 1380 g/mol. The van der Waals surface area contributed by atoms with E-state index in [9.17, 15) is 51.6 Å². The zero-order chi connectivity index (χ0) is 71.3. The highest BCUT2D eigenvalue weighted by molar-refractivity contribution is 7.86. The Labute approximate surface area is 560 Å². The minimum absolute atomic E-state index is 0.00468. The number of imide groups is 1. The number of hydrogen-bond donors (Lipinski definition) is 8. The van der Waals surface area contributed by atoms with E-state index >= 15 is 0 Å². The molecule has 0 bridgehead atoms. The molecule has 7 unspecified atom stereocenters. The molecule has 0 radical (unpaired) electrons. The first-order valence-corrected chi connectivity index (χ1v) is 40.1. The first kappa shape index (κ1) is 84.2. The zero-order valence-corrected chi connectivity index (χ0v) is 61.4. The summed E-state index contributed by atoms with van der Waals surface area (Å²) in [5, 5.41) is 41.9. The van der Waals surface area contributed by atoms with Crippen molar-refractivity contribution in [1.29, 1.82) is 5.26 Å². The van der Waals surface area contributed by atoms with Crippen LogP contribution in [0, 0.1) is 18.3 Å². The van der Waals surface area contributed by atoms with E-state index in [2.05, 4.69) is 104 Å². The quantitative estimate of drug-likeness (QED) is 0.0421. The molecule has 0 saturated carbocycles. The van der Waals surface area contributed by atoms with Crippen LogP contribution in [0.2, 0.25) is 36.3 Å². The summed E-state index contributed by atoms with van der Waals surface area (Å²) in [5.41, 5.74) is 0.388. The largest absolute Gasteiger partial charge is 0.469 e. The van der Waals surface area contributed by atoms with Crippen LogP contribution >= 0.6 is 0 Å². The number of aliphatic hydroxyl groups is 2. The predicted molar refractivity (Wildman–Crippen MR) is 359 cm³/mol. The van der Waals surface area contributed by atoms with Gasteiger partial charge in [0.15, 0.2) is 16.6 Å². The summed E-state index contributed by atoms with van der Waals surface area (Å²) in [6.07, 6.45) is 11.9. The van der Waals surface area contributed by atoms with Crippen LogP contribution in [0.3, 0.4) is 0 Å². The molecule has 94 heavy (non-hydrogen) atoms. The van der Waals surface area contributed by atoms with E-state index in [0.29, 0.717) is 96.1 Å². The number of nitrogens with zero attached hydrogens (tertiary/aromatic N) is 2. The Kier molecular flexibility index (Phi) is 35.8. The number of likely N-dealkylation sites (tertiary alicyclic amines) is 1. The highest BCUT2D eigenvalue weighted by Crippen LogP contribution is 2.38. The number of methoxy groups -OCH3 is 1. The van der Waals surface area contributed by atoms with Crippen LogP contribution in [-0.4, -0.2) is 182 Å². The number of carbonyl (C=O) groups is 9. The lowest BCUT2D eigenvalue weighted by atomic mass is 10.1. The lowest BCUT2D eigenvalue weighted by Gasteiger charge is -2.36. The minimum Gasteiger partial charge on any atom is -0.469 e. The Morgan fingerprint density at radius 2 is 0.989 bits per heavy atom.